The Morgan fingerprint density at radius 1 is 1.00 bits per heavy atom. The zero-order valence-corrected chi connectivity index (χ0v) is 19.2. The van der Waals surface area contributed by atoms with Crippen molar-refractivity contribution >= 4 is 41.2 Å². The Bertz CT molecular complexity index is 1170. The second kappa shape index (κ2) is 11.9. The number of hydrogen-bond acceptors (Lipinski definition) is 5. The first-order valence-corrected chi connectivity index (χ1v) is 10.6. The maximum absolute atomic E-state index is 12.3. The molecule has 0 spiro atoms. The number of methoxy groups -OCH3 is 1. The van der Waals surface area contributed by atoms with Gasteiger partial charge in [0.1, 0.15) is 18.1 Å². The lowest BCUT2D eigenvalue weighted by molar-refractivity contribution is -0.120. The topological polar surface area (TPSA) is 89.0 Å². The number of carbonyl (C=O) groups excluding carboxylic acids is 2. The molecule has 33 heavy (non-hydrogen) atoms. The van der Waals surface area contributed by atoms with E-state index in [1.165, 1.54) is 13.3 Å². The minimum absolute atomic E-state index is 0.238. The summed E-state index contributed by atoms with van der Waals surface area (Å²) in [6.07, 6.45) is 1.46. The van der Waals surface area contributed by atoms with Crippen LogP contribution in [-0.2, 0) is 11.4 Å². The molecule has 0 aliphatic rings. The van der Waals surface area contributed by atoms with Crippen molar-refractivity contribution in [1.82, 2.24) is 10.7 Å². The summed E-state index contributed by atoms with van der Waals surface area (Å²) in [5.41, 5.74) is 4.15. The average Bonchev–Trinajstić information content (AvgIpc) is 2.82. The number of hydrogen-bond donors (Lipinski definition) is 2. The Kier molecular flexibility index (Phi) is 8.69. The van der Waals surface area contributed by atoms with E-state index >= 15 is 0 Å². The lowest BCUT2D eigenvalue weighted by Crippen LogP contribution is -2.35. The van der Waals surface area contributed by atoms with Gasteiger partial charge in [0.25, 0.3) is 11.8 Å². The van der Waals surface area contributed by atoms with Gasteiger partial charge in [-0.05, 0) is 36.4 Å². The highest BCUT2D eigenvalue weighted by atomic mass is 35.5. The van der Waals surface area contributed by atoms with Gasteiger partial charge in [0, 0.05) is 21.2 Å². The molecule has 2 N–H and O–H groups in total. The summed E-state index contributed by atoms with van der Waals surface area (Å²) < 4.78 is 11.0. The largest absolute Gasteiger partial charge is 0.496 e. The number of halogens is 2. The number of rotatable bonds is 9. The number of carbonyl (C=O) groups is 2. The molecule has 170 valence electrons. The SMILES string of the molecule is COc1ccccc1C(=O)NCC(=O)NN=Cc1ccccc1OCc1ccc(Cl)cc1Cl. The molecule has 0 radical (unpaired) electrons. The van der Waals surface area contributed by atoms with Crippen LogP contribution in [0.25, 0.3) is 0 Å². The predicted octanol–water partition coefficient (Wildman–Crippen LogP) is 4.46. The minimum atomic E-state index is -0.485. The van der Waals surface area contributed by atoms with Crippen molar-refractivity contribution in [3.63, 3.8) is 0 Å². The van der Waals surface area contributed by atoms with Crippen molar-refractivity contribution in [2.75, 3.05) is 13.7 Å². The van der Waals surface area contributed by atoms with E-state index in [1.807, 2.05) is 12.1 Å². The highest BCUT2D eigenvalue weighted by molar-refractivity contribution is 6.35. The Labute approximate surface area is 201 Å². The van der Waals surface area contributed by atoms with Crippen molar-refractivity contribution in [2.24, 2.45) is 5.10 Å². The monoisotopic (exact) mass is 485 g/mol. The minimum Gasteiger partial charge on any atom is -0.496 e. The van der Waals surface area contributed by atoms with Crippen LogP contribution in [0.3, 0.4) is 0 Å². The van der Waals surface area contributed by atoms with Gasteiger partial charge in [-0.1, -0.05) is 53.5 Å². The van der Waals surface area contributed by atoms with E-state index in [4.69, 9.17) is 32.7 Å². The summed E-state index contributed by atoms with van der Waals surface area (Å²) in [5, 5.41) is 7.53. The molecule has 3 aromatic carbocycles. The first-order valence-electron chi connectivity index (χ1n) is 9.87. The summed E-state index contributed by atoms with van der Waals surface area (Å²) >= 11 is 12.1. The van der Waals surface area contributed by atoms with Crippen LogP contribution >= 0.6 is 23.2 Å². The molecule has 0 aliphatic heterocycles. The van der Waals surface area contributed by atoms with Crippen LogP contribution < -0.4 is 20.2 Å². The van der Waals surface area contributed by atoms with Gasteiger partial charge in [0.05, 0.1) is 25.4 Å². The molecular formula is C24H21Cl2N3O4. The molecule has 0 unspecified atom stereocenters. The second-order valence-corrected chi connectivity index (χ2v) is 7.58. The number of hydrazone groups is 1. The molecule has 3 aromatic rings. The van der Waals surface area contributed by atoms with Gasteiger partial charge in [-0.2, -0.15) is 5.10 Å². The van der Waals surface area contributed by atoms with Crippen LogP contribution in [0, 0.1) is 0 Å². The number of benzene rings is 3. The Morgan fingerprint density at radius 2 is 1.73 bits per heavy atom. The molecule has 7 nitrogen and oxygen atoms in total. The maximum Gasteiger partial charge on any atom is 0.259 e. The first kappa shape index (κ1) is 24.1. The maximum atomic E-state index is 12.3. The summed E-state index contributed by atoms with van der Waals surface area (Å²) in [6.45, 7) is -0.0103. The molecule has 0 bridgehead atoms. The first-order chi connectivity index (χ1) is 16.0. The standard InChI is InChI=1S/C24H21Cl2N3O4/c1-32-22-9-5-3-7-19(22)24(31)27-14-23(30)29-28-13-16-6-2-4-8-21(16)33-15-17-10-11-18(25)12-20(17)26/h2-13H,14-15H2,1H3,(H,27,31)(H,29,30). The van der Waals surface area contributed by atoms with E-state index in [-0.39, 0.29) is 13.2 Å². The molecule has 0 saturated heterocycles. The Hall–Kier alpha value is -3.55. The third-order valence-electron chi connectivity index (χ3n) is 4.47. The van der Waals surface area contributed by atoms with Gasteiger partial charge < -0.3 is 14.8 Å². The smallest absolute Gasteiger partial charge is 0.259 e. The third-order valence-corrected chi connectivity index (χ3v) is 5.06. The van der Waals surface area contributed by atoms with Crippen molar-refractivity contribution in [3.8, 4) is 11.5 Å². The van der Waals surface area contributed by atoms with Crippen LogP contribution in [0.1, 0.15) is 21.5 Å². The Morgan fingerprint density at radius 3 is 2.48 bits per heavy atom. The lowest BCUT2D eigenvalue weighted by atomic mass is 10.2. The number of amides is 2. The van der Waals surface area contributed by atoms with Crippen LogP contribution in [0.5, 0.6) is 11.5 Å². The van der Waals surface area contributed by atoms with E-state index in [9.17, 15) is 9.59 Å². The quantitative estimate of drug-likeness (QED) is 0.345. The molecule has 0 aromatic heterocycles. The number of para-hydroxylation sites is 2. The van der Waals surface area contributed by atoms with Gasteiger partial charge in [-0.25, -0.2) is 5.43 Å². The summed E-state index contributed by atoms with van der Waals surface area (Å²) in [4.78, 5) is 24.3. The molecular weight excluding hydrogens is 465 g/mol. The van der Waals surface area contributed by atoms with E-state index < -0.39 is 11.8 Å². The normalized spacial score (nSPS) is 10.6. The lowest BCUT2D eigenvalue weighted by Gasteiger charge is -2.10. The molecule has 3 rings (SSSR count). The van der Waals surface area contributed by atoms with Crippen LogP contribution in [0.2, 0.25) is 10.0 Å². The summed E-state index contributed by atoms with van der Waals surface area (Å²) in [5.74, 6) is 0.0722. The highest BCUT2D eigenvalue weighted by Gasteiger charge is 2.12. The number of nitrogens with one attached hydrogen (secondary N) is 2. The fraction of sp³-hybridized carbons (Fsp3) is 0.125. The van der Waals surface area contributed by atoms with Crippen molar-refractivity contribution < 1.29 is 19.1 Å². The van der Waals surface area contributed by atoms with Gasteiger partial charge in [-0.3, -0.25) is 9.59 Å². The number of ether oxygens (including phenoxy) is 2. The summed E-state index contributed by atoms with van der Waals surface area (Å²) in [6, 6.07) is 19.1. The molecule has 0 aliphatic carbocycles. The molecule has 9 heteroatoms. The number of nitrogens with zero attached hydrogens (tertiary/aromatic N) is 1. The van der Waals surface area contributed by atoms with E-state index in [0.717, 1.165) is 5.56 Å². The fourth-order valence-electron chi connectivity index (χ4n) is 2.81. The molecule has 0 atom stereocenters. The zero-order valence-electron chi connectivity index (χ0n) is 17.7. The van der Waals surface area contributed by atoms with E-state index in [2.05, 4.69) is 15.8 Å². The van der Waals surface area contributed by atoms with E-state index in [0.29, 0.717) is 32.7 Å². The Balaban J connectivity index is 1.53. The van der Waals surface area contributed by atoms with Gasteiger partial charge >= 0.3 is 0 Å². The van der Waals surface area contributed by atoms with Crippen LogP contribution in [0.4, 0.5) is 0 Å². The fourth-order valence-corrected chi connectivity index (χ4v) is 3.28. The van der Waals surface area contributed by atoms with Crippen LogP contribution in [-0.4, -0.2) is 31.7 Å². The van der Waals surface area contributed by atoms with Crippen molar-refractivity contribution in [3.05, 3.63) is 93.5 Å². The van der Waals surface area contributed by atoms with Gasteiger partial charge in [0.15, 0.2) is 0 Å². The molecule has 2 amide bonds. The predicted molar refractivity (Wildman–Crippen MR) is 128 cm³/mol. The molecule has 0 heterocycles. The van der Waals surface area contributed by atoms with E-state index in [1.54, 1.807) is 54.6 Å². The average molecular weight is 486 g/mol. The van der Waals surface area contributed by atoms with Gasteiger partial charge in [0.2, 0.25) is 0 Å². The van der Waals surface area contributed by atoms with Crippen LogP contribution in [0.15, 0.2) is 71.8 Å². The zero-order chi connectivity index (χ0) is 23.6. The molecule has 0 fully saturated rings. The van der Waals surface area contributed by atoms with Crippen molar-refractivity contribution in [2.45, 2.75) is 6.61 Å². The molecule has 0 saturated carbocycles. The summed E-state index contributed by atoms with van der Waals surface area (Å²) in [7, 11) is 1.47. The highest BCUT2D eigenvalue weighted by Crippen LogP contribution is 2.24. The van der Waals surface area contributed by atoms with Gasteiger partial charge in [-0.15, -0.1) is 0 Å². The second-order valence-electron chi connectivity index (χ2n) is 6.74. The third kappa shape index (κ3) is 6.97. The van der Waals surface area contributed by atoms with Crippen molar-refractivity contribution in [1.29, 1.82) is 0 Å².